The molecule has 1 aromatic heterocycles. The third-order valence-corrected chi connectivity index (χ3v) is 4.64. The van der Waals surface area contributed by atoms with E-state index in [9.17, 15) is 9.59 Å². The molecule has 0 bridgehead atoms. The second-order valence-electron chi connectivity index (χ2n) is 6.45. The number of benzene rings is 1. The number of fused-ring (bicyclic) bond motifs is 2. The summed E-state index contributed by atoms with van der Waals surface area (Å²) in [5.74, 6) is 1.63. The Bertz CT molecular complexity index is 814. The van der Waals surface area contributed by atoms with Crippen molar-refractivity contribution >= 4 is 17.5 Å². The summed E-state index contributed by atoms with van der Waals surface area (Å²) in [6.07, 6.45) is 6.67. The van der Waals surface area contributed by atoms with Gasteiger partial charge in [0.25, 0.3) is 5.91 Å². The van der Waals surface area contributed by atoms with Gasteiger partial charge in [0.05, 0.1) is 0 Å². The van der Waals surface area contributed by atoms with Crippen molar-refractivity contribution in [2.75, 3.05) is 11.9 Å². The highest BCUT2D eigenvalue weighted by Crippen LogP contribution is 2.26. The Morgan fingerprint density at radius 3 is 3.20 bits per heavy atom. The lowest BCUT2D eigenvalue weighted by molar-refractivity contribution is -0.124. The van der Waals surface area contributed by atoms with E-state index < -0.39 is 0 Å². The first-order valence-electron chi connectivity index (χ1n) is 8.52. The van der Waals surface area contributed by atoms with Crippen LogP contribution in [0.15, 0.2) is 30.6 Å². The quantitative estimate of drug-likeness (QED) is 0.878. The number of nitrogens with zero attached hydrogens (tertiary/aromatic N) is 2. The molecule has 0 saturated heterocycles. The van der Waals surface area contributed by atoms with Gasteiger partial charge in [0.2, 0.25) is 5.91 Å². The first kappa shape index (κ1) is 15.7. The fraction of sp³-hybridized carbons (Fsp3) is 0.389. The molecule has 2 amide bonds. The Morgan fingerprint density at radius 2 is 2.28 bits per heavy atom. The number of ether oxygens (including phenoxy) is 1. The van der Waals surface area contributed by atoms with Crippen LogP contribution in [0.2, 0.25) is 0 Å². The van der Waals surface area contributed by atoms with Crippen LogP contribution in [0.4, 0.5) is 5.69 Å². The predicted octanol–water partition coefficient (Wildman–Crippen LogP) is 1.28. The molecule has 2 aliphatic heterocycles. The van der Waals surface area contributed by atoms with Crippen molar-refractivity contribution in [2.24, 2.45) is 0 Å². The van der Waals surface area contributed by atoms with Crippen molar-refractivity contribution in [1.29, 1.82) is 0 Å². The molecule has 130 valence electrons. The SMILES string of the molecule is O=C1CCc2cc(OCC(=O)N[C@H]3CCc4nccn4C3)ccc2N1. The molecule has 2 N–H and O–H groups in total. The minimum atomic E-state index is -0.125. The minimum Gasteiger partial charge on any atom is -0.484 e. The summed E-state index contributed by atoms with van der Waals surface area (Å²) in [7, 11) is 0. The minimum absolute atomic E-state index is 0.0154. The number of nitrogens with one attached hydrogen (secondary N) is 2. The number of amides is 2. The van der Waals surface area contributed by atoms with E-state index in [1.807, 2.05) is 18.3 Å². The van der Waals surface area contributed by atoms with E-state index in [1.54, 1.807) is 12.3 Å². The van der Waals surface area contributed by atoms with Crippen molar-refractivity contribution < 1.29 is 14.3 Å². The van der Waals surface area contributed by atoms with Crippen molar-refractivity contribution in [3.8, 4) is 5.75 Å². The van der Waals surface area contributed by atoms with Gasteiger partial charge in [-0.25, -0.2) is 4.98 Å². The molecule has 7 nitrogen and oxygen atoms in total. The average Bonchev–Trinajstić information content (AvgIpc) is 3.07. The van der Waals surface area contributed by atoms with Gasteiger partial charge in [0.15, 0.2) is 6.61 Å². The number of carbonyl (C=O) groups excluding carboxylic acids is 2. The van der Waals surface area contributed by atoms with Crippen LogP contribution in [-0.2, 0) is 29.0 Å². The molecule has 1 aromatic carbocycles. The van der Waals surface area contributed by atoms with E-state index in [2.05, 4.69) is 20.2 Å². The van der Waals surface area contributed by atoms with E-state index in [0.717, 1.165) is 36.5 Å². The fourth-order valence-corrected chi connectivity index (χ4v) is 3.35. The molecule has 2 aliphatic rings. The molecule has 1 atom stereocenters. The van der Waals surface area contributed by atoms with Crippen molar-refractivity contribution in [2.45, 2.75) is 38.3 Å². The zero-order chi connectivity index (χ0) is 17.2. The highest BCUT2D eigenvalue weighted by Gasteiger charge is 2.20. The normalized spacial score (nSPS) is 18.7. The number of imidazole rings is 1. The van der Waals surface area contributed by atoms with Crippen molar-refractivity contribution in [1.82, 2.24) is 14.9 Å². The number of rotatable bonds is 4. The standard InChI is InChI=1S/C18H20N4O3/c23-17-6-1-12-9-14(3-4-15(12)21-17)25-11-18(24)20-13-2-5-16-19-7-8-22(16)10-13/h3-4,7-9,13H,1-2,5-6,10-11H2,(H,20,24)(H,21,23)/t13-/m0/s1. The fourth-order valence-electron chi connectivity index (χ4n) is 3.35. The van der Waals surface area contributed by atoms with Gasteiger partial charge in [0, 0.05) is 43.5 Å². The summed E-state index contributed by atoms with van der Waals surface area (Å²) >= 11 is 0. The van der Waals surface area contributed by atoms with Gasteiger partial charge in [0.1, 0.15) is 11.6 Å². The summed E-state index contributed by atoms with van der Waals surface area (Å²) in [4.78, 5) is 27.8. The molecule has 0 fully saturated rings. The Hall–Kier alpha value is -2.83. The van der Waals surface area contributed by atoms with Crippen molar-refractivity contribution in [3.63, 3.8) is 0 Å². The molecule has 0 aliphatic carbocycles. The van der Waals surface area contributed by atoms with Crippen LogP contribution in [0.5, 0.6) is 5.75 Å². The molecular formula is C18H20N4O3. The molecule has 25 heavy (non-hydrogen) atoms. The van der Waals surface area contributed by atoms with E-state index in [1.165, 1.54) is 0 Å². The van der Waals surface area contributed by atoms with Crippen LogP contribution in [0, 0.1) is 0 Å². The van der Waals surface area contributed by atoms with Crippen LogP contribution < -0.4 is 15.4 Å². The highest BCUT2D eigenvalue weighted by atomic mass is 16.5. The van der Waals surface area contributed by atoms with Gasteiger partial charge >= 0.3 is 0 Å². The van der Waals surface area contributed by atoms with Gasteiger partial charge < -0.3 is 19.9 Å². The zero-order valence-corrected chi connectivity index (χ0v) is 13.8. The van der Waals surface area contributed by atoms with Gasteiger partial charge in [-0.3, -0.25) is 9.59 Å². The van der Waals surface area contributed by atoms with Crippen LogP contribution in [0.1, 0.15) is 24.2 Å². The molecule has 3 heterocycles. The smallest absolute Gasteiger partial charge is 0.258 e. The van der Waals surface area contributed by atoms with Crippen LogP contribution >= 0.6 is 0 Å². The van der Waals surface area contributed by atoms with Crippen molar-refractivity contribution in [3.05, 3.63) is 42.0 Å². The first-order valence-corrected chi connectivity index (χ1v) is 8.52. The average molecular weight is 340 g/mol. The first-order chi connectivity index (χ1) is 12.2. The number of carbonyl (C=O) groups is 2. The summed E-state index contributed by atoms with van der Waals surface area (Å²) < 4.78 is 7.69. The number of anilines is 1. The molecule has 4 rings (SSSR count). The third-order valence-electron chi connectivity index (χ3n) is 4.64. The molecule has 2 aromatic rings. The number of aromatic nitrogens is 2. The summed E-state index contributed by atoms with van der Waals surface area (Å²) in [5, 5.41) is 5.85. The molecular weight excluding hydrogens is 320 g/mol. The van der Waals surface area contributed by atoms with E-state index in [4.69, 9.17) is 4.74 Å². The summed E-state index contributed by atoms with van der Waals surface area (Å²) in [6, 6.07) is 5.59. The van der Waals surface area contributed by atoms with Gasteiger partial charge in [-0.2, -0.15) is 0 Å². The number of hydrogen-bond acceptors (Lipinski definition) is 4. The van der Waals surface area contributed by atoms with Crippen LogP contribution in [0.3, 0.4) is 0 Å². The maximum atomic E-state index is 12.1. The topological polar surface area (TPSA) is 85.2 Å². The third kappa shape index (κ3) is 3.50. The summed E-state index contributed by atoms with van der Waals surface area (Å²) in [5.41, 5.74) is 1.86. The largest absolute Gasteiger partial charge is 0.484 e. The second kappa shape index (κ2) is 6.58. The summed E-state index contributed by atoms with van der Waals surface area (Å²) in [6.45, 7) is 0.734. The lowest BCUT2D eigenvalue weighted by Crippen LogP contribution is -2.42. The second-order valence-corrected chi connectivity index (χ2v) is 6.45. The lowest BCUT2D eigenvalue weighted by atomic mass is 10.0. The predicted molar refractivity (Wildman–Crippen MR) is 91.4 cm³/mol. The lowest BCUT2D eigenvalue weighted by Gasteiger charge is -2.24. The van der Waals surface area contributed by atoms with E-state index in [-0.39, 0.29) is 24.5 Å². The van der Waals surface area contributed by atoms with E-state index in [0.29, 0.717) is 18.6 Å². The molecule has 0 spiro atoms. The maximum absolute atomic E-state index is 12.1. The molecule has 0 unspecified atom stereocenters. The number of hydrogen-bond donors (Lipinski definition) is 2. The Labute approximate surface area is 145 Å². The molecule has 0 radical (unpaired) electrons. The van der Waals surface area contributed by atoms with Crippen LogP contribution in [-0.4, -0.2) is 34.0 Å². The van der Waals surface area contributed by atoms with Crippen LogP contribution in [0.25, 0.3) is 0 Å². The van der Waals surface area contributed by atoms with Gasteiger partial charge in [-0.15, -0.1) is 0 Å². The molecule has 7 heteroatoms. The highest BCUT2D eigenvalue weighted by molar-refractivity contribution is 5.94. The zero-order valence-electron chi connectivity index (χ0n) is 13.8. The maximum Gasteiger partial charge on any atom is 0.258 e. The Kier molecular flexibility index (Phi) is 4.13. The Balaban J connectivity index is 1.30. The monoisotopic (exact) mass is 340 g/mol. The number of aryl methyl sites for hydroxylation is 2. The van der Waals surface area contributed by atoms with E-state index >= 15 is 0 Å². The Morgan fingerprint density at radius 1 is 1.36 bits per heavy atom. The van der Waals surface area contributed by atoms with Gasteiger partial charge in [-0.05, 0) is 36.6 Å². The molecule has 0 saturated carbocycles. The van der Waals surface area contributed by atoms with Gasteiger partial charge in [-0.1, -0.05) is 0 Å².